The molecule has 0 radical (unpaired) electrons. The summed E-state index contributed by atoms with van der Waals surface area (Å²) in [4.78, 5) is 4.53. The lowest BCUT2D eigenvalue weighted by molar-refractivity contribution is -0.0106. The Morgan fingerprint density at radius 1 is 1.22 bits per heavy atom. The number of nitrogens with zero attached hydrogens (tertiary/aromatic N) is 2. The predicted molar refractivity (Wildman–Crippen MR) is 70.3 cm³/mol. The molecule has 0 aliphatic heterocycles. The van der Waals surface area contributed by atoms with Crippen molar-refractivity contribution in [1.29, 1.82) is 0 Å². The molecule has 1 heterocycles. The highest BCUT2D eigenvalue weighted by molar-refractivity contribution is 5.08. The minimum absolute atomic E-state index is 0.215. The van der Waals surface area contributed by atoms with Crippen LogP contribution in [0.2, 0.25) is 0 Å². The molecule has 2 N–H and O–H groups in total. The summed E-state index contributed by atoms with van der Waals surface area (Å²) in [5.74, 6) is 1.23. The van der Waals surface area contributed by atoms with Crippen molar-refractivity contribution in [2.45, 2.75) is 58.0 Å². The Morgan fingerprint density at radius 2 is 1.83 bits per heavy atom. The molecule has 0 saturated heterocycles. The zero-order chi connectivity index (χ0) is 13.8. The number of ether oxygens (including phenoxy) is 1. The molecule has 1 rings (SSSR count). The Hall–Kier alpha value is -0.940. The van der Waals surface area contributed by atoms with E-state index in [0.717, 1.165) is 19.3 Å². The fraction of sp³-hybridized carbons (Fsp3) is 0.846. The van der Waals surface area contributed by atoms with Gasteiger partial charge >= 0.3 is 0 Å². The van der Waals surface area contributed by atoms with Crippen LogP contribution in [0.4, 0.5) is 0 Å². The van der Waals surface area contributed by atoms with Crippen molar-refractivity contribution in [2.75, 3.05) is 13.7 Å². The molecule has 5 nitrogen and oxygen atoms in total. The van der Waals surface area contributed by atoms with Crippen molar-refractivity contribution in [2.24, 2.45) is 5.73 Å². The summed E-state index contributed by atoms with van der Waals surface area (Å²) in [6, 6.07) is 0. The van der Waals surface area contributed by atoms with Gasteiger partial charge in [-0.1, -0.05) is 25.9 Å². The second-order valence-corrected chi connectivity index (χ2v) is 4.90. The molecule has 0 amide bonds. The molecule has 0 aliphatic carbocycles. The fourth-order valence-electron chi connectivity index (χ4n) is 1.98. The lowest BCUT2D eigenvalue weighted by Gasteiger charge is -2.25. The molecule has 5 heteroatoms. The van der Waals surface area contributed by atoms with Gasteiger partial charge in [0, 0.05) is 13.7 Å². The SMILES string of the molecule is CCC(CC)(CN)c1nc(C(C)(CC)OC)no1. The van der Waals surface area contributed by atoms with Gasteiger partial charge in [-0.15, -0.1) is 0 Å². The van der Waals surface area contributed by atoms with Gasteiger partial charge in [-0.3, -0.25) is 0 Å². The first-order chi connectivity index (χ1) is 8.51. The molecule has 1 unspecified atom stereocenters. The van der Waals surface area contributed by atoms with E-state index in [4.69, 9.17) is 15.0 Å². The molecule has 1 aromatic rings. The van der Waals surface area contributed by atoms with Crippen molar-refractivity contribution < 1.29 is 9.26 Å². The van der Waals surface area contributed by atoms with Gasteiger partial charge < -0.3 is 15.0 Å². The maximum Gasteiger partial charge on any atom is 0.234 e. The van der Waals surface area contributed by atoms with E-state index < -0.39 is 5.60 Å². The van der Waals surface area contributed by atoms with Crippen molar-refractivity contribution in [1.82, 2.24) is 10.1 Å². The first-order valence-electron chi connectivity index (χ1n) is 6.61. The van der Waals surface area contributed by atoms with Crippen LogP contribution in [0.3, 0.4) is 0 Å². The van der Waals surface area contributed by atoms with Crippen molar-refractivity contribution >= 4 is 0 Å². The molecule has 0 aliphatic rings. The van der Waals surface area contributed by atoms with E-state index in [0.29, 0.717) is 18.3 Å². The van der Waals surface area contributed by atoms with Gasteiger partial charge in [0.05, 0.1) is 5.41 Å². The maximum absolute atomic E-state index is 5.89. The molecular formula is C13H25N3O2. The quantitative estimate of drug-likeness (QED) is 0.809. The number of nitrogens with two attached hydrogens (primary N) is 1. The van der Waals surface area contributed by atoms with Crippen LogP contribution in [0.15, 0.2) is 4.52 Å². The van der Waals surface area contributed by atoms with E-state index >= 15 is 0 Å². The third kappa shape index (κ3) is 2.42. The number of hydrogen-bond donors (Lipinski definition) is 1. The molecule has 18 heavy (non-hydrogen) atoms. The minimum Gasteiger partial charge on any atom is -0.370 e. The summed E-state index contributed by atoms with van der Waals surface area (Å²) >= 11 is 0. The number of rotatable bonds is 7. The Balaban J connectivity index is 3.12. The van der Waals surface area contributed by atoms with E-state index in [1.807, 2.05) is 13.8 Å². The average Bonchev–Trinajstić information content (AvgIpc) is 2.91. The third-order valence-corrected chi connectivity index (χ3v) is 4.22. The molecular weight excluding hydrogens is 230 g/mol. The smallest absolute Gasteiger partial charge is 0.234 e. The second-order valence-electron chi connectivity index (χ2n) is 4.90. The summed E-state index contributed by atoms with van der Waals surface area (Å²) in [5, 5.41) is 4.07. The zero-order valence-electron chi connectivity index (χ0n) is 12.1. The standard InChI is InChI=1S/C13H25N3O2/c1-6-12(4,17-5)10-15-11(18-16-10)13(7-2,8-3)9-14/h6-9,14H2,1-5H3. The van der Waals surface area contributed by atoms with Crippen LogP contribution < -0.4 is 5.73 Å². The normalized spacial score (nSPS) is 15.7. The summed E-state index contributed by atoms with van der Waals surface area (Å²) < 4.78 is 10.9. The minimum atomic E-state index is -0.496. The molecule has 1 atom stereocenters. The molecule has 0 spiro atoms. The van der Waals surface area contributed by atoms with Crippen LogP contribution in [0, 0.1) is 0 Å². The van der Waals surface area contributed by atoms with Crippen LogP contribution >= 0.6 is 0 Å². The second kappa shape index (κ2) is 5.80. The summed E-state index contributed by atoms with van der Waals surface area (Å²) in [6.07, 6.45) is 2.56. The van der Waals surface area contributed by atoms with Crippen LogP contribution in [-0.4, -0.2) is 23.8 Å². The summed E-state index contributed by atoms with van der Waals surface area (Å²) in [7, 11) is 1.66. The highest BCUT2D eigenvalue weighted by atomic mass is 16.5. The number of aromatic nitrogens is 2. The molecule has 0 bridgehead atoms. The predicted octanol–water partition coefficient (Wildman–Crippen LogP) is 2.36. The first-order valence-corrected chi connectivity index (χ1v) is 6.61. The summed E-state index contributed by atoms with van der Waals surface area (Å²) in [5.41, 5.74) is 5.17. The molecule has 0 saturated carbocycles. The first kappa shape index (κ1) is 15.1. The molecule has 0 fully saturated rings. The van der Waals surface area contributed by atoms with Crippen LogP contribution in [0.5, 0.6) is 0 Å². The van der Waals surface area contributed by atoms with Crippen LogP contribution in [0.25, 0.3) is 0 Å². The largest absolute Gasteiger partial charge is 0.370 e. The fourth-order valence-corrected chi connectivity index (χ4v) is 1.98. The third-order valence-electron chi connectivity index (χ3n) is 4.22. The van der Waals surface area contributed by atoms with E-state index in [1.165, 1.54) is 0 Å². The molecule has 1 aromatic heterocycles. The van der Waals surface area contributed by atoms with Gasteiger partial charge in [0.1, 0.15) is 5.60 Å². The van der Waals surface area contributed by atoms with Gasteiger partial charge in [0.2, 0.25) is 11.7 Å². The Morgan fingerprint density at radius 3 is 2.22 bits per heavy atom. The Bertz CT molecular complexity index is 360. The van der Waals surface area contributed by atoms with Crippen molar-refractivity contribution in [3.8, 4) is 0 Å². The van der Waals surface area contributed by atoms with Crippen molar-refractivity contribution in [3.63, 3.8) is 0 Å². The van der Waals surface area contributed by atoms with E-state index in [1.54, 1.807) is 7.11 Å². The zero-order valence-corrected chi connectivity index (χ0v) is 12.1. The number of methoxy groups -OCH3 is 1. The van der Waals surface area contributed by atoms with Gasteiger partial charge in [-0.2, -0.15) is 4.98 Å². The topological polar surface area (TPSA) is 74.2 Å². The van der Waals surface area contributed by atoms with E-state index in [2.05, 4.69) is 24.0 Å². The van der Waals surface area contributed by atoms with Gasteiger partial charge in [-0.25, -0.2) is 0 Å². The van der Waals surface area contributed by atoms with Crippen LogP contribution in [-0.2, 0) is 15.8 Å². The van der Waals surface area contributed by atoms with E-state index in [9.17, 15) is 0 Å². The highest BCUT2D eigenvalue weighted by Crippen LogP contribution is 2.32. The lowest BCUT2D eigenvalue weighted by Crippen LogP contribution is -2.34. The highest BCUT2D eigenvalue weighted by Gasteiger charge is 2.37. The number of hydrogen-bond acceptors (Lipinski definition) is 5. The molecule has 0 aromatic carbocycles. The molecule has 104 valence electrons. The van der Waals surface area contributed by atoms with Gasteiger partial charge in [-0.05, 0) is 26.2 Å². The van der Waals surface area contributed by atoms with Gasteiger partial charge in [0.15, 0.2) is 0 Å². The average molecular weight is 255 g/mol. The lowest BCUT2D eigenvalue weighted by atomic mass is 9.82. The Labute approximate surface area is 109 Å². The maximum atomic E-state index is 5.89. The summed E-state index contributed by atoms with van der Waals surface area (Å²) in [6.45, 7) is 8.70. The Kier molecular flexibility index (Phi) is 4.87. The van der Waals surface area contributed by atoms with Crippen molar-refractivity contribution in [3.05, 3.63) is 11.7 Å². The van der Waals surface area contributed by atoms with Gasteiger partial charge in [0.25, 0.3) is 0 Å². The van der Waals surface area contributed by atoms with E-state index in [-0.39, 0.29) is 5.41 Å². The van der Waals surface area contributed by atoms with Crippen LogP contribution in [0.1, 0.15) is 58.7 Å². The monoisotopic (exact) mass is 255 g/mol.